The Bertz CT molecular complexity index is 1380. The first kappa shape index (κ1) is 24.4. The molecule has 6 heterocycles. The van der Waals surface area contributed by atoms with E-state index in [0.29, 0.717) is 25.6 Å². The summed E-state index contributed by atoms with van der Waals surface area (Å²) < 4.78 is 8.29. The summed E-state index contributed by atoms with van der Waals surface area (Å²) in [6.07, 6.45) is 10.4. The molecule has 0 unspecified atom stereocenters. The number of esters is 1. The van der Waals surface area contributed by atoms with Crippen molar-refractivity contribution in [1.29, 1.82) is 0 Å². The van der Waals surface area contributed by atoms with E-state index in [2.05, 4.69) is 32.6 Å². The highest BCUT2D eigenvalue weighted by Crippen LogP contribution is 2.41. The number of rotatable bonds is 5. The Morgan fingerprint density at radius 1 is 1.16 bits per heavy atom. The fourth-order valence-corrected chi connectivity index (χ4v) is 5.76. The zero-order valence-electron chi connectivity index (χ0n) is 21.8. The Morgan fingerprint density at radius 2 is 1.97 bits per heavy atom. The molecule has 2 fully saturated rings. The van der Waals surface area contributed by atoms with Gasteiger partial charge in [-0.3, -0.25) is 14.4 Å². The number of fused-ring (bicyclic) bond motifs is 1. The molecule has 12 heteroatoms. The number of aromatic nitrogens is 5. The van der Waals surface area contributed by atoms with Crippen molar-refractivity contribution in [1.82, 2.24) is 39.1 Å². The summed E-state index contributed by atoms with van der Waals surface area (Å²) in [7, 11) is 3.29. The van der Waals surface area contributed by atoms with Gasteiger partial charge in [0.2, 0.25) is 5.95 Å². The Hall–Kier alpha value is -3.93. The molecule has 0 aromatic carbocycles. The number of anilines is 2. The summed E-state index contributed by atoms with van der Waals surface area (Å²) >= 11 is 0. The molecule has 38 heavy (non-hydrogen) atoms. The average molecular weight is 520 g/mol. The molecule has 3 aliphatic rings. The molecular weight excluding hydrogens is 486 g/mol. The minimum atomic E-state index is -0.189. The van der Waals surface area contributed by atoms with Gasteiger partial charge in [-0.2, -0.15) is 10.1 Å². The van der Waals surface area contributed by atoms with E-state index < -0.39 is 0 Å². The molecule has 3 aliphatic heterocycles. The van der Waals surface area contributed by atoms with Gasteiger partial charge in [0.05, 0.1) is 25.5 Å². The molecule has 0 radical (unpaired) electrons. The molecule has 1 spiro atoms. The minimum Gasteiger partial charge on any atom is -0.468 e. The van der Waals surface area contributed by atoms with Gasteiger partial charge in [0.1, 0.15) is 0 Å². The SMILES string of the molecule is COC(=O)CN1CCC2(CC1)CN(C(=O)N1CC=C(c3cccn4nc(Nc5cnn(C)c5)nc34)CC1)C2. The molecule has 2 amide bonds. The molecule has 12 nitrogen and oxygen atoms in total. The van der Waals surface area contributed by atoms with Crippen LogP contribution in [0.3, 0.4) is 0 Å². The van der Waals surface area contributed by atoms with Crippen LogP contribution >= 0.6 is 0 Å². The minimum absolute atomic E-state index is 0.117. The lowest BCUT2D eigenvalue weighted by molar-refractivity contribution is -0.143. The maximum absolute atomic E-state index is 13.2. The quantitative estimate of drug-likeness (QED) is 0.510. The van der Waals surface area contributed by atoms with Gasteiger partial charge in [-0.1, -0.05) is 6.08 Å². The number of amides is 2. The number of urea groups is 1. The lowest BCUT2D eigenvalue weighted by Crippen LogP contribution is -2.64. The van der Waals surface area contributed by atoms with Gasteiger partial charge in [-0.15, -0.1) is 5.10 Å². The average Bonchev–Trinajstić information content (AvgIpc) is 3.52. The second kappa shape index (κ2) is 9.75. The summed E-state index contributed by atoms with van der Waals surface area (Å²) in [5.41, 5.74) is 4.03. The zero-order chi connectivity index (χ0) is 26.3. The van der Waals surface area contributed by atoms with Crippen molar-refractivity contribution in [3.05, 3.63) is 42.4 Å². The number of methoxy groups -OCH3 is 1. The van der Waals surface area contributed by atoms with Crippen molar-refractivity contribution in [2.45, 2.75) is 19.3 Å². The number of hydrogen-bond acceptors (Lipinski definition) is 8. The van der Waals surface area contributed by atoms with E-state index >= 15 is 0 Å². The number of pyridine rings is 1. The number of nitrogens with zero attached hydrogens (tertiary/aromatic N) is 8. The third-order valence-electron chi connectivity index (χ3n) is 7.97. The lowest BCUT2D eigenvalue weighted by Gasteiger charge is -2.54. The number of likely N-dealkylation sites (tertiary alicyclic amines) is 2. The Kier molecular flexibility index (Phi) is 6.26. The molecular formula is C26H33N9O3. The molecule has 1 N–H and O–H groups in total. The Labute approximate surface area is 220 Å². The normalized spacial score (nSPS) is 19.4. The Balaban J connectivity index is 1.06. The van der Waals surface area contributed by atoms with Gasteiger partial charge in [0, 0.05) is 56.6 Å². The predicted molar refractivity (Wildman–Crippen MR) is 141 cm³/mol. The lowest BCUT2D eigenvalue weighted by atomic mass is 9.72. The van der Waals surface area contributed by atoms with Gasteiger partial charge < -0.3 is 19.9 Å². The van der Waals surface area contributed by atoms with Crippen molar-refractivity contribution < 1.29 is 14.3 Å². The topological polar surface area (TPSA) is 113 Å². The number of carbonyl (C=O) groups excluding carboxylic acids is 2. The van der Waals surface area contributed by atoms with Crippen LogP contribution in [0.25, 0.3) is 11.2 Å². The number of hydrogen-bond donors (Lipinski definition) is 1. The molecule has 0 atom stereocenters. The van der Waals surface area contributed by atoms with Crippen LogP contribution in [0.15, 0.2) is 36.8 Å². The fourth-order valence-electron chi connectivity index (χ4n) is 5.76. The third-order valence-corrected chi connectivity index (χ3v) is 7.97. The van der Waals surface area contributed by atoms with E-state index in [0.717, 1.165) is 62.3 Å². The number of piperidine rings is 1. The standard InChI is InChI=1S/C26H33N9O3/c1-31-15-20(14-27-31)28-24-29-23-21(4-3-9-35(23)30-24)19-5-10-33(11-6-19)25(37)34-17-26(18-34)7-12-32(13-8-26)16-22(36)38-2/h3-5,9,14-15H,6-8,10-13,16-18H2,1-2H3,(H,28,30). The maximum atomic E-state index is 13.2. The third kappa shape index (κ3) is 4.71. The second-order valence-corrected chi connectivity index (χ2v) is 10.6. The molecule has 0 aliphatic carbocycles. The molecule has 0 saturated carbocycles. The smallest absolute Gasteiger partial charge is 0.320 e. The van der Waals surface area contributed by atoms with E-state index in [1.54, 1.807) is 15.4 Å². The van der Waals surface area contributed by atoms with Crippen LogP contribution in [0.2, 0.25) is 0 Å². The highest BCUT2D eigenvalue weighted by atomic mass is 16.5. The largest absolute Gasteiger partial charge is 0.468 e. The van der Waals surface area contributed by atoms with E-state index in [1.807, 2.05) is 35.3 Å². The molecule has 6 rings (SSSR count). The van der Waals surface area contributed by atoms with E-state index in [-0.39, 0.29) is 17.4 Å². The van der Waals surface area contributed by atoms with Crippen molar-refractivity contribution in [2.75, 3.05) is 58.2 Å². The first-order valence-corrected chi connectivity index (χ1v) is 13.0. The van der Waals surface area contributed by atoms with Crippen LogP contribution in [0, 0.1) is 5.41 Å². The first-order valence-electron chi connectivity index (χ1n) is 13.0. The van der Waals surface area contributed by atoms with Gasteiger partial charge in [0.25, 0.3) is 0 Å². The summed E-state index contributed by atoms with van der Waals surface area (Å²) in [4.78, 5) is 35.5. The summed E-state index contributed by atoms with van der Waals surface area (Å²) in [5.74, 6) is 0.326. The molecule has 3 aromatic rings. The zero-order valence-corrected chi connectivity index (χ0v) is 21.8. The number of ether oxygens (including phenoxy) is 1. The monoisotopic (exact) mass is 519 g/mol. The first-order chi connectivity index (χ1) is 18.4. The van der Waals surface area contributed by atoms with Crippen molar-refractivity contribution >= 4 is 34.9 Å². The predicted octanol–water partition coefficient (Wildman–Crippen LogP) is 1.99. The van der Waals surface area contributed by atoms with Crippen LogP contribution in [0.5, 0.6) is 0 Å². The maximum Gasteiger partial charge on any atom is 0.320 e. The van der Waals surface area contributed by atoms with Crippen LogP contribution in [-0.4, -0.2) is 104 Å². The van der Waals surface area contributed by atoms with Gasteiger partial charge >= 0.3 is 12.0 Å². The highest BCUT2D eigenvalue weighted by Gasteiger charge is 2.47. The summed E-state index contributed by atoms with van der Waals surface area (Å²) in [6.45, 7) is 4.97. The molecule has 3 aromatic heterocycles. The summed E-state index contributed by atoms with van der Waals surface area (Å²) in [6, 6.07) is 4.15. The van der Waals surface area contributed by atoms with Crippen LogP contribution < -0.4 is 5.32 Å². The highest BCUT2D eigenvalue weighted by molar-refractivity contribution is 5.81. The second-order valence-electron chi connectivity index (χ2n) is 10.6. The number of carbonyl (C=O) groups is 2. The van der Waals surface area contributed by atoms with Crippen LogP contribution in [-0.2, 0) is 16.6 Å². The van der Waals surface area contributed by atoms with E-state index in [4.69, 9.17) is 9.72 Å². The van der Waals surface area contributed by atoms with Gasteiger partial charge in [0.15, 0.2) is 5.65 Å². The molecule has 200 valence electrons. The van der Waals surface area contributed by atoms with Crippen molar-refractivity contribution in [3.63, 3.8) is 0 Å². The van der Waals surface area contributed by atoms with Crippen molar-refractivity contribution in [3.8, 4) is 0 Å². The Morgan fingerprint density at radius 3 is 2.66 bits per heavy atom. The van der Waals surface area contributed by atoms with E-state index in [1.165, 1.54) is 12.7 Å². The van der Waals surface area contributed by atoms with Gasteiger partial charge in [-0.05, 0) is 50.1 Å². The number of aryl methyl sites for hydroxylation is 1. The fraction of sp³-hybridized carbons (Fsp3) is 0.500. The summed E-state index contributed by atoms with van der Waals surface area (Å²) in [5, 5.41) is 11.9. The number of nitrogens with one attached hydrogen (secondary N) is 1. The molecule has 2 saturated heterocycles. The van der Waals surface area contributed by atoms with Gasteiger partial charge in [-0.25, -0.2) is 9.31 Å². The van der Waals surface area contributed by atoms with Crippen LogP contribution in [0.1, 0.15) is 24.8 Å². The van der Waals surface area contributed by atoms with E-state index in [9.17, 15) is 9.59 Å². The van der Waals surface area contributed by atoms with Crippen LogP contribution in [0.4, 0.5) is 16.4 Å². The van der Waals surface area contributed by atoms with Crippen molar-refractivity contribution in [2.24, 2.45) is 12.5 Å². The molecule has 0 bridgehead atoms.